The van der Waals surface area contributed by atoms with Crippen molar-refractivity contribution >= 4 is 28.8 Å². The van der Waals surface area contributed by atoms with Gasteiger partial charge in [-0.2, -0.15) is 5.10 Å². The summed E-state index contributed by atoms with van der Waals surface area (Å²) in [6.45, 7) is 3.71. The smallest absolute Gasteiger partial charge is 0.262 e. The highest BCUT2D eigenvalue weighted by molar-refractivity contribution is 6.03. The Morgan fingerprint density at radius 2 is 1.66 bits per heavy atom. The molecule has 1 atom stereocenters. The third kappa shape index (κ3) is 5.24. The Morgan fingerprint density at radius 3 is 2.31 bits per heavy atom. The van der Waals surface area contributed by atoms with Gasteiger partial charge in [0.15, 0.2) is 0 Å². The summed E-state index contributed by atoms with van der Waals surface area (Å²) in [4.78, 5) is 25.4. The van der Waals surface area contributed by atoms with Gasteiger partial charge >= 0.3 is 0 Å². The molecule has 1 unspecified atom stereocenters. The second-order valence-electron chi connectivity index (χ2n) is 7.56. The molecule has 32 heavy (non-hydrogen) atoms. The van der Waals surface area contributed by atoms with Crippen molar-refractivity contribution in [1.82, 2.24) is 10.7 Å². The fourth-order valence-corrected chi connectivity index (χ4v) is 3.32. The number of hydrogen-bond donors (Lipinski definition) is 2. The second-order valence-corrected chi connectivity index (χ2v) is 7.56. The lowest BCUT2D eigenvalue weighted by atomic mass is 10.0. The third-order valence-electron chi connectivity index (χ3n) is 5.11. The number of carbonyl (C=O) groups is 2. The number of hydrogen-bond acceptors (Lipinski definition) is 5. The molecular weight excluding hydrogens is 406 g/mol. The van der Waals surface area contributed by atoms with E-state index >= 15 is 0 Å². The van der Waals surface area contributed by atoms with E-state index in [1.807, 2.05) is 50.2 Å². The third-order valence-corrected chi connectivity index (χ3v) is 5.11. The van der Waals surface area contributed by atoms with Gasteiger partial charge in [-0.25, -0.2) is 5.43 Å². The number of nitrogens with zero attached hydrogens (tertiary/aromatic N) is 1. The van der Waals surface area contributed by atoms with Crippen LogP contribution in [0.4, 0.5) is 0 Å². The van der Waals surface area contributed by atoms with Gasteiger partial charge in [0.25, 0.3) is 11.8 Å². The van der Waals surface area contributed by atoms with E-state index in [1.165, 1.54) is 0 Å². The summed E-state index contributed by atoms with van der Waals surface area (Å²) < 4.78 is 10.6. The van der Waals surface area contributed by atoms with Gasteiger partial charge in [-0.1, -0.05) is 44.2 Å². The van der Waals surface area contributed by atoms with E-state index in [2.05, 4.69) is 15.8 Å². The van der Waals surface area contributed by atoms with E-state index in [9.17, 15) is 9.59 Å². The first-order valence-electron chi connectivity index (χ1n) is 10.3. The Kier molecular flexibility index (Phi) is 7.44. The first-order valence-corrected chi connectivity index (χ1v) is 10.3. The van der Waals surface area contributed by atoms with Gasteiger partial charge in [-0.15, -0.1) is 0 Å². The molecule has 0 saturated carbocycles. The predicted molar refractivity (Wildman–Crippen MR) is 125 cm³/mol. The molecule has 0 aliphatic rings. The Hall–Kier alpha value is -3.87. The number of ether oxygens (including phenoxy) is 2. The monoisotopic (exact) mass is 433 g/mol. The summed E-state index contributed by atoms with van der Waals surface area (Å²) in [5.74, 6) is 0.408. The number of benzene rings is 3. The summed E-state index contributed by atoms with van der Waals surface area (Å²) in [7, 11) is 3.14. The fourth-order valence-electron chi connectivity index (χ4n) is 3.32. The van der Waals surface area contributed by atoms with Crippen molar-refractivity contribution in [3.63, 3.8) is 0 Å². The van der Waals surface area contributed by atoms with Crippen LogP contribution in [-0.2, 0) is 4.79 Å². The molecule has 3 aromatic carbocycles. The van der Waals surface area contributed by atoms with Crippen LogP contribution >= 0.6 is 0 Å². The zero-order chi connectivity index (χ0) is 23.1. The molecule has 0 aromatic heterocycles. The maximum Gasteiger partial charge on any atom is 0.262 e. The van der Waals surface area contributed by atoms with Gasteiger partial charge in [0.05, 0.1) is 20.4 Å². The minimum Gasteiger partial charge on any atom is -0.497 e. The topological polar surface area (TPSA) is 89.0 Å². The standard InChI is InChI=1S/C25H27N3O4/c1-16(2)23(27-24(29)18-9-12-19(31-3)13-10-18)25(30)28-26-15-21-20-8-6-5-7-17(20)11-14-22(21)32-4/h5-16,23H,1-4H3,(H,27,29)(H,28,30). The Labute approximate surface area is 187 Å². The zero-order valence-corrected chi connectivity index (χ0v) is 18.6. The van der Waals surface area contributed by atoms with Crippen LogP contribution in [0.25, 0.3) is 10.8 Å². The number of carbonyl (C=O) groups excluding carboxylic acids is 2. The van der Waals surface area contributed by atoms with E-state index in [4.69, 9.17) is 9.47 Å². The first-order chi connectivity index (χ1) is 15.4. The lowest BCUT2D eigenvalue weighted by molar-refractivity contribution is -0.123. The van der Waals surface area contributed by atoms with Crippen molar-refractivity contribution in [3.8, 4) is 11.5 Å². The molecule has 166 valence electrons. The summed E-state index contributed by atoms with van der Waals surface area (Å²) in [6, 6.07) is 17.6. The normalized spacial score (nSPS) is 12.0. The molecule has 0 spiro atoms. The Balaban J connectivity index is 1.73. The van der Waals surface area contributed by atoms with E-state index in [1.54, 1.807) is 44.7 Å². The highest BCUT2D eigenvalue weighted by Crippen LogP contribution is 2.26. The van der Waals surface area contributed by atoms with Crippen molar-refractivity contribution in [3.05, 3.63) is 71.8 Å². The predicted octanol–water partition coefficient (Wildman–Crippen LogP) is 3.76. The summed E-state index contributed by atoms with van der Waals surface area (Å²) >= 11 is 0. The molecule has 0 aliphatic carbocycles. The van der Waals surface area contributed by atoms with Gasteiger partial charge in [0, 0.05) is 11.1 Å². The molecule has 0 heterocycles. The molecule has 7 nitrogen and oxygen atoms in total. The van der Waals surface area contributed by atoms with Crippen LogP contribution in [0.15, 0.2) is 65.8 Å². The minimum absolute atomic E-state index is 0.139. The quantitative estimate of drug-likeness (QED) is 0.418. The van der Waals surface area contributed by atoms with E-state index < -0.39 is 11.9 Å². The largest absolute Gasteiger partial charge is 0.497 e. The van der Waals surface area contributed by atoms with Gasteiger partial charge in [-0.05, 0) is 47.0 Å². The number of rotatable bonds is 8. The van der Waals surface area contributed by atoms with Crippen LogP contribution in [0.2, 0.25) is 0 Å². The van der Waals surface area contributed by atoms with Gasteiger partial charge in [-0.3, -0.25) is 9.59 Å². The molecule has 3 rings (SSSR count). The van der Waals surface area contributed by atoms with Crippen LogP contribution < -0.4 is 20.2 Å². The summed E-state index contributed by atoms with van der Waals surface area (Å²) in [5, 5.41) is 8.91. The number of fused-ring (bicyclic) bond motifs is 1. The molecule has 7 heteroatoms. The van der Waals surface area contributed by atoms with Crippen LogP contribution in [0, 0.1) is 5.92 Å². The lowest BCUT2D eigenvalue weighted by Crippen LogP contribution is -2.48. The lowest BCUT2D eigenvalue weighted by Gasteiger charge is -2.20. The summed E-state index contributed by atoms with van der Waals surface area (Å²) in [5.41, 5.74) is 3.74. The molecule has 0 bridgehead atoms. The first kappa shape index (κ1) is 22.8. The van der Waals surface area contributed by atoms with Crippen molar-refractivity contribution in [1.29, 1.82) is 0 Å². The van der Waals surface area contributed by atoms with Gasteiger partial charge < -0.3 is 14.8 Å². The van der Waals surface area contributed by atoms with Crippen molar-refractivity contribution in [2.75, 3.05) is 14.2 Å². The van der Waals surface area contributed by atoms with Crippen molar-refractivity contribution < 1.29 is 19.1 Å². The second kappa shape index (κ2) is 10.4. The zero-order valence-electron chi connectivity index (χ0n) is 18.6. The minimum atomic E-state index is -0.754. The van der Waals surface area contributed by atoms with E-state index in [-0.39, 0.29) is 11.8 Å². The summed E-state index contributed by atoms with van der Waals surface area (Å²) in [6.07, 6.45) is 1.56. The van der Waals surface area contributed by atoms with Crippen LogP contribution in [0.3, 0.4) is 0 Å². The molecule has 2 amide bonds. The molecule has 0 fully saturated rings. The average Bonchev–Trinajstić information content (AvgIpc) is 2.82. The Morgan fingerprint density at radius 1 is 0.938 bits per heavy atom. The van der Waals surface area contributed by atoms with Crippen LogP contribution in [0.1, 0.15) is 29.8 Å². The highest BCUT2D eigenvalue weighted by atomic mass is 16.5. The number of hydrazone groups is 1. The molecule has 0 aliphatic heterocycles. The molecule has 3 aromatic rings. The maximum atomic E-state index is 12.8. The van der Waals surface area contributed by atoms with E-state index in [0.29, 0.717) is 17.1 Å². The molecule has 0 radical (unpaired) electrons. The molecule has 2 N–H and O–H groups in total. The van der Waals surface area contributed by atoms with Crippen molar-refractivity contribution in [2.45, 2.75) is 19.9 Å². The fraction of sp³-hybridized carbons (Fsp3) is 0.240. The maximum absolute atomic E-state index is 12.8. The van der Waals surface area contributed by atoms with Crippen LogP contribution in [-0.4, -0.2) is 38.3 Å². The SMILES string of the molecule is COc1ccc(C(=O)NC(C(=O)NN=Cc2c(OC)ccc3ccccc23)C(C)C)cc1. The average molecular weight is 434 g/mol. The van der Waals surface area contributed by atoms with Crippen LogP contribution in [0.5, 0.6) is 11.5 Å². The highest BCUT2D eigenvalue weighted by Gasteiger charge is 2.24. The van der Waals surface area contributed by atoms with E-state index in [0.717, 1.165) is 16.3 Å². The molecular formula is C25H27N3O4. The number of amides is 2. The number of nitrogens with one attached hydrogen (secondary N) is 2. The number of methoxy groups -OCH3 is 2. The molecule has 0 saturated heterocycles. The Bertz CT molecular complexity index is 1120. The van der Waals surface area contributed by atoms with Gasteiger partial charge in [0.2, 0.25) is 0 Å². The van der Waals surface area contributed by atoms with Crippen molar-refractivity contribution in [2.24, 2.45) is 11.0 Å². The van der Waals surface area contributed by atoms with Gasteiger partial charge in [0.1, 0.15) is 17.5 Å².